The molecule has 0 radical (unpaired) electrons. The van der Waals surface area contributed by atoms with E-state index in [-0.39, 0.29) is 5.54 Å². The summed E-state index contributed by atoms with van der Waals surface area (Å²) in [4.78, 5) is 0. The first-order chi connectivity index (χ1) is 5.71. The molecule has 0 spiro atoms. The molecule has 0 amide bonds. The molecule has 0 aliphatic rings. The highest BCUT2D eigenvalue weighted by atomic mass is 16.3. The molecule has 80 valence electrons. The number of aliphatic hydroxyl groups is 1. The highest BCUT2D eigenvalue weighted by molar-refractivity contribution is 4.85. The van der Waals surface area contributed by atoms with Crippen LogP contribution in [0.3, 0.4) is 0 Å². The summed E-state index contributed by atoms with van der Waals surface area (Å²) in [5.74, 6) is 0.298. The zero-order chi connectivity index (χ0) is 10.7. The third kappa shape index (κ3) is 4.63. The van der Waals surface area contributed by atoms with Crippen molar-refractivity contribution in [2.24, 2.45) is 5.92 Å². The summed E-state index contributed by atoms with van der Waals surface area (Å²) in [7, 11) is 0. The summed E-state index contributed by atoms with van der Waals surface area (Å²) < 4.78 is 0. The summed E-state index contributed by atoms with van der Waals surface area (Å²) >= 11 is 0. The molecule has 0 heterocycles. The average molecular weight is 187 g/mol. The van der Waals surface area contributed by atoms with Crippen LogP contribution in [0.4, 0.5) is 0 Å². The van der Waals surface area contributed by atoms with E-state index >= 15 is 0 Å². The van der Waals surface area contributed by atoms with E-state index in [0.29, 0.717) is 12.5 Å². The van der Waals surface area contributed by atoms with Crippen molar-refractivity contribution in [1.29, 1.82) is 0 Å². The second-order valence-electron chi connectivity index (χ2n) is 5.22. The van der Waals surface area contributed by atoms with E-state index in [4.69, 9.17) is 0 Å². The molecule has 0 aliphatic heterocycles. The Morgan fingerprint density at radius 2 is 1.69 bits per heavy atom. The summed E-state index contributed by atoms with van der Waals surface area (Å²) in [5, 5.41) is 13.5. The van der Waals surface area contributed by atoms with Gasteiger partial charge in [0, 0.05) is 12.1 Å². The Hall–Kier alpha value is -0.0800. The van der Waals surface area contributed by atoms with Crippen LogP contribution in [0.15, 0.2) is 0 Å². The Labute approximate surface area is 82.7 Å². The van der Waals surface area contributed by atoms with Crippen molar-refractivity contribution in [3.05, 3.63) is 0 Å². The van der Waals surface area contributed by atoms with E-state index in [2.05, 4.69) is 39.9 Å². The molecule has 0 fully saturated rings. The molecule has 0 saturated heterocycles. The van der Waals surface area contributed by atoms with Crippen molar-refractivity contribution in [1.82, 2.24) is 5.32 Å². The fourth-order valence-corrected chi connectivity index (χ4v) is 1.16. The summed E-state index contributed by atoms with van der Waals surface area (Å²) in [6, 6.07) is 0. The number of β-amino-alcohol motifs (C(OH)–C–C–N with tert-alkyl or cyclic N) is 1. The van der Waals surface area contributed by atoms with Gasteiger partial charge in [-0.1, -0.05) is 20.8 Å². The zero-order valence-electron chi connectivity index (χ0n) is 9.94. The van der Waals surface area contributed by atoms with Gasteiger partial charge in [-0.3, -0.25) is 0 Å². The lowest BCUT2D eigenvalue weighted by molar-refractivity contribution is -0.0122. The van der Waals surface area contributed by atoms with E-state index in [9.17, 15) is 5.11 Å². The van der Waals surface area contributed by atoms with Crippen LogP contribution in [-0.4, -0.2) is 22.8 Å². The van der Waals surface area contributed by atoms with Crippen LogP contribution in [0.1, 0.15) is 48.0 Å². The van der Waals surface area contributed by atoms with Crippen LogP contribution in [0.5, 0.6) is 0 Å². The first-order valence-electron chi connectivity index (χ1n) is 5.18. The predicted molar refractivity (Wildman–Crippen MR) is 57.8 cm³/mol. The highest BCUT2D eigenvalue weighted by Crippen LogP contribution is 2.20. The van der Waals surface area contributed by atoms with Crippen molar-refractivity contribution in [3.8, 4) is 0 Å². The minimum Gasteiger partial charge on any atom is -0.388 e. The SMILES string of the molecule is CCC(O)(CNC(C)(C)C)C(C)C. The fraction of sp³-hybridized carbons (Fsp3) is 1.00. The monoisotopic (exact) mass is 187 g/mol. The normalized spacial score (nSPS) is 17.5. The molecule has 0 rings (SSSR count). The Morgan fingerprint density at radius 3 is 1.92 bits per heavy atom. The quantitative estimate of drug-likeness (QED) is 0.707. The fourth-order valence-electron chi connectivity index (χ4n) is 1.16. The topological polar surface area (TPSA) is 32.3 Å². The molecule has 1 unspecified atom stereocenters. The Balaban J connectivity index is 4.14. The molecule has 0 aromatic rings. The zero-order valence-corrected chi connectivity index (χ0v) is 9.94. The Kier molecular flexibility index (Phi) is 4.40. The summed E-state index contributed by atoms with van der Waals surface area (Å²) in [6.45, 7) is 13.2. The largest absolute Gasteiger partial charge is 0.388 e. The van der Waals surface area contributed by atoms with Gasteiger partial charge >= 0.3 is 0 Å². The molecule has 13 heavy (non-hydrogen) atoms. The van der Waals surface area contributed by atoms with E-state index < -0.39 is 5.60 Å². The van der Waals surface area contributed by atoms with Crippen LogP contribution in [0, 0.1) is 5.92 Å². The maximum absolute atomic E-state index is 10.2. The summed E-state index contributed by atoms with van der Waals surface area (Å²) in [6.07, 6.45) is 0.799. The first kappa shape index (κ1) is 12.9. The molecule has 0 saturated carbocycles. The highest BCUT2D eigenvalue weighted by Gasteiger charge is 2.29. The number of rotatable bonds is 4. The van der Waals surface area contributed by atoms with Crippen molar-refractivity contribution in [2.75, 3.05) is 6.54 Å². The molecular formula is C11H25NO. The van der Waals surface area contributed by atoms with Gasteiger partial charge < -0.3 is 10.4 Å². The number of hydrogen-bond acceptors (Lipinski definition) is 2. The molecule has 2 N–H and O–H groups in total. The van der Waals surface area contributed by atoms with E-state index in [1.54, 1.807) is 0 Å². The average Bonchev–Trinajstić information content (AvgIpc) is 1.98. The van der Waals surface area contributed by atoms with Crippen molar-refractivity contribution in [3.63, 3.8) is 0 Å². The smallest absolute Gasteiger partial charge is 0.0791 e. The van der Waals surface area contributed by atoms with Gasteiger partial charge in [0.25, 0.3) is 0 Å². The molecule has 0 bridgehead atoms. The van der Waals surface area contributed by atoms with E-state index in [1.165, 1.54) is 0 Å². The maximum Gasteiger partial charge on any atom is 0.0791 e. The first-order valence-corrected chi connectivity index (χ1v) is 5.18. The Morgan fingerprint density at radius 1 is 1.23 bits per heavy atom. The molecule has 0 aromatic carbocycles. The third-order valence-electron chi connectivity index (χ3n) is 2.61. The van der Waals surface area contributed by atoms with Crippen LogP contribution in [0.2, 0.25) is 0 Å². The number of hydrogen-bond donors (Lipinski definition) is 2. The minimum absolute atomic E-state index is 0.0814. The minimum atomic E-state index is -0.562. The van der Waals surface area contributed by atoms with Crippen molar-refractivity contribution in [2.45, 2.75) is 59.1 Å². The lowest BCUT2D eigenvalue weighted by atomic mass is 9.87. The van der Waals surface area contributed by atoms with Gasteiger partial charge in [-0.2, -0.15) is 0 Å². The van der Waals surface area contributed by atoms with Crippen LogP contribution >= 0.6 is 0 Å². The molecule has 0 aromatic heterocycles. The second-order valence-corrected chi connectivity index (χ2v) is 5.22. The van der Waals surface area contributed by atoms with Gasteiger partial charge in [0.15, 0.2) is 0 Å². The van der Waals surface area contributed by atoms with Crippen LogP contribution in [-0.2, 0) is 0 Å². The predicted octanol–water partition coefficient (Wildman–Crippen LogP) is 2.17. The van der Waals surface area contributed by atoms with Gasteiger partial charge in [-0.25, -0.2) is 0 Å². The van der Waals surface area contributed by atoms with Gasteiger partial charge in [-0.15, -0.1) is 0 Å². The van der Waals surface area contributed by atoms with Crippen LogP contribution < -0.4 is 5.32 Å². The van der Waals surface area contributed by atoms with Gasteiger partial charge in [-0.05, 0) is 33.1 Å². The van der Waals surface area contributed by atoms with Crippen LogP contribution in [0.25, 0.3) is 0 Å². The third-order valence-corrected chi connectivity index (χ3v) is 2.61. The molecule has 0 aliphatic carbocycles. The van der Waals surface area contributed by atoms with Gasteiger partial charge in [0.2, 0.25) is 0 Å². The van der Waals surface area contributed by atoms with Gasteiger partial charge in [0.1, 0.15) is 0 Å². The lowest BCUT2D eigenvalue weighted by Gasteiger charge is -2.34. The molecule has 2 nitrogen and oxygen atoms in total. The van der Waals surface area contributed by atoms with Gasteiger partial charge in [0.05, 0.1) is 5.60 Å². The lowest BCUT2D eigenvalue weighted by Crippen LogP contribution is -2.50. The number of nitrogens with one attached hydrogen (secondary N) is 1. The molecular weight excluding hydrogens is 162 g/mol. The molecule has 2 heteroatoms. The maximum atomic E-state index is 10.2. The van der Waals surface area contributed by atoms with Crippen molar-refractivity contribution < 1.29 is 5.11 Å². The van der Waals surface area contributed by atoms with Crippen molar-refractivity contribution >= 4 is 0 Å². The van der Waals surface area contributed by atoms with E-state index in [0.717, 1.165) is 6.42 Å². The second kappa shape index (κ2) is 4.43. The Bertz CT molecular complexity index is 149. The standard InChI is InChI=1S/C11H25NO/c1-7-11(13,9(2)3)8-12-10(4,5)6/h9,12-13H,7-8H2,1-6H3. The molecule has 1 atom stereocenters. The summed E-state index contributed by atoms with van der Waals surface area (Å²) in [5.41, 5.74) is -0.481. The van der Waals surface area contributed by atoms with E-state index in [1.807, 2.05) is 6.92 Å².